The van der Waals surface area contributed by atoms with Crippen LogP contribution in [0.4, 0.5) is 0 Å². The molecule has 4 saturated carbocycles. The van der Waals surface area contributed by atoms with Gasteiger partial charge in [-0.25, -0.2) is 0 Å². The van der Waals surface area contributed by atoms with Gasteiger partial charge in [-0.15, -0.1) is 0 Å². The van der Waals surface area contributed by atoms with E-state index in [9.17, 15) is 33.6 Å². The summed E-state index contributed by atoms with van der Waals surface area (Å²) in [6.45, 7) is -0.870. The van der Waals surface area contributed by atoms with Gasteiger partial charge in [-0.1, -0.05) is 128 Å². The van der Waals surface area contributed by atoms with Crippen LogP contribution in [0.5, 0.6) is 0 Å². The van der Waals surface area contributed by atoms with Gasteiger partial charge in [0.15, 0.2) is 12.2 Å². The third kappa shape index (κ3) is 27.6. The van der Waals surface area contributed by atoms with Crippen LogP contribution in [0.3, 0.4) is 0 Å². The Morgan fingerprint density at radius 2 is 0.529 bits per heavy atom. The van der Waals surface area contributed by atoms with Gasteiger partial charge in [-0.05, 0) is 87.9 Å². The van der Waals surface area contributed by atoms with Gasteiger partial charge in [0, 0.05) is 51.4 Å². The van der Waals surface area contributed by atoms with E-state index in [2.05, 4.69) is 0 Å². The van der Waals surface area contributed by atoms with E-state index in [0.717, 1.165) is 51.4 Å². The molecule has 388 valence electrons. The molecule has 0 aromatic carbocycles. The largest absolute Gasteiger partial charge is 0.462 e. The molecule has 4 aliphatic rings. The molecule has 0 saturated heterocycles. The van der Waals surface area contributed by atoms with Gasteiger partial charge < -0.3 is 28.4 Å². The Labute approximate surface area is 408 Å². The third-order valence-electron chi connectivity index (χ3n) is 14.9. The first kappa shape index (κ1) is 57.1. The molecule has 4 aliphatic carbocycles. The molecule has 0 spiro atoms. The summed E-state index contributed by atoms with van der Waals surface area (Å²) < 4.78 is 33.2. The molecular formula is C55H90O13. The number of ether oxygens (including phenoxy) is 6. The van der Waals surface area contributed by atoms with Gasteiger partial charge in [-0.2, -0.15) is 0 Å². The molecule has 13 heteroatoms. The first-order chi connectivity index (χ1) is 33.1. The topological polar surface area (TPSA) is 175 Å². The Morgan fingerprint density at radius 3 is 0.779 bits per heavy atom. The van der Waals surface area contributed by atoms with E-state index >= 15 is 0 Å². The molecule has 0 amide bonds. The average molecular weight is 959 g/mol. The van der Waals surface area contributed by atoms with Crippen molar-refractivity contribution in [2.75, 3.05) is 26.4 Å². The number of hydrogen-bond donors (Lipinski definition) is 0. The number of Topliss-reactive ketones (excluding diaryl/α,β-unsaturated/α-hetero) is 1. The molecule has 0 aromatic heterocycles. The van der Waals surface area contributed by atoms with Gasteiger partial charge in [0.25, 0.3) is 0 Å². The van der Waals surface area contributed by atoms with Crippen LogP contribution in [0, 0.1) is 23.7 Å². The zero-order valence-corrected chi connectivity index (χ0v) is 42.0. The number of carbonyl (C=O) groups is 7. The number of esters is 6. The molecular weight excluding hydrogens is 869 g/mol. The van der Waals surface area contributed by atoms with Crippen LogP contribution in [0.2, 0.25) is 0 Å². The fraction of sp³-hybridized carbons (Fsp3) is 0.873. The standard InChI is InChI=1S/C55H90O13/c56-47(31-17-37-54(61)67-48(39-63-50(57)33-13-27-43-19-5-1-6-20-43)40-64-51(58)34-14-28-44-21-7-2-8-22-44)32-18-38-55(62)68-49(41-65-52(59)35-15-29-45-23-9-3-10-24-45)42-66-53(60)36-16-30-46-25-11-4-12-26-46/h43-46,48-49H,1-42H2. The molecule has 4 fully saturated rings. The van der Waals surface area contributed by atoms with Crippen LogP contribution in [0.15, 0.2) is 0 Å². The summed E-state index contributed by atoms with van der Waals surface area (Å²) in [5.41, 5.74) is 0. The van der Waals surface area contributed by atoms with Gasteiger partial charge in [0.1, 0.15) is 32.2 Å². The molecule has 0 radical (unpaired) electrons. The molecule has 4 rings (SSSR count). The molecule has 68 heavy (non-hydrogen) atoms. The lowest BCUT2D eigenvalue weighted by Gasteiger charge is -2.21. The summed E-state index contributed by atoms with van der Waals surface area (Å²) in [5, 5.41) is 0. The Morgan fingerprint density at radius 1 is 0.294 bits per heavy atom. The average Bonchev–Trinajstić information content (AvgIpc) is 3.34. The molecule has 0 aliphatic heterocycles. The van der Waals surface area contributed by atoms with Crippen molar-refractivity contribution in [3.63, 3.8) is 0 Å². The van der Waals surface area contributed by atoms with Crippen molar-refractivity contribution >= 4 is 41.6 Å². The third-order valence-corrected chi connectivity index (χ3v) is 14.9. The summed E-state index contributed by atoms with van der Waals surface area (Å²) in [5.74, 6) is -0.161. The molecule has 0 aromatic rings. The van der Waals surface area contributed by atoms with E-state index in [1.807, 2.05) is 0 Å². The highest BCUT2D eigenvalue weighted by Crippen LogP contribution is 2.31. The minimum Gasteiger partial charge on any atom is -0.462 e. The molecule has 0 atom stereocenters. The minimum atomic E-state index is -0.956. The van der Waals surface area contributed by atoms with Gasteiger partial charge in [0.05, 0.1) is 0 Å². The van der Waals surface area contributed by atoms with Crippen LogP contribution in [0.1, 0.15) is 244 Å². The van der Waals surface area contributed by atoms with E-state index in [-0.39, 0.29) is 120 Å². The van der Waals surface area contributed by atoms with Crippen molar-refractivity contribution in [2.24, 2.45) is 23.7 Å². The summed E-state index contributed by atoms with van der Waals surface area (Å²) in [6.07, 6.45) is 31.5. The van der Waals surface area contributed by atoms with Crippen molar-refractivity contribution in [3.8, 4) is 0 Å². The second-order valence-electron chi connectivity index (χ2n) is 20.8. The van der Waals surface area contributed by atoms with Crippen molar-refractivity contribution < 1.29 is 62.0 Å². The first-order valence-corrected chi connectivity index (χ1v) is 27.6. The van der Waals surface area contributed by atoms with Crippen LogP contribution in [0.25, 0.3) is 0 Å². The fourth-order valence-corrected chi connectivity index (χ4v) is 10.8. The quantitative estimate of drug-likeness (QED) is 0.0440. The molecule has 0 unspecified atom stereocenters. The summed E-state index contributed by atoms with van der Waals surface area (Å²) in [7, 11) is 0. The predicted molar refractivity (Wildman–Crippen MR) is 258 cm³/mol. The van der Waals surface area contributed by atoms with Gasteiger partial charge in [-0.3, -0.25) is 33.6 Å². The Balaban J connectivity index is 1.14. The highest BCUT2D eigenvalue weighted by atomic mass is 16.6. The van der Waals surface area contributed by atoms with Crippen molar-refractivity contribution in [3.05, 3.63) is 0 Å². The normalized spacial score (nSPS) is 17.7. The van der Waals surface area contributed by atoms with E-state index in [0.29, 0.717) is 23.7 Å². The second-order valence-corrected chi connectivity index (χ2v) is 20.8. The zero-order chi connectivity index (χ0) is 48.4. The smallest absolute Gasteiger partial charge is 0.306 e. The van der Waals surface area contributed by atoms with Gasteiger partial charge in [0.2, 0.25) is 0 Å². The number of hydrogen-bond acceptors (Lipinski definition) is 13. The van der Waals surface area contributed by atoms with Crippen LogP contribution < -0.4 is 0 Å². The lowest BCUT2D eigenvalue weighted by Crippen LogP contribution is -2.31. The molecule has 13 nitrogen and oxygen atoms in total. The Kier molecular flexibility index (Phi) is 29.9. The summed E-state index contributed by atoms with van der Waals surface area (Å²) in [6, 6.07) is 0. The molecule has 0 heterocycles. The van der Waals surface area contributed by atoms with E-state index in [1.54, 1.807) is 0 Å². The SMILES string of the molecule is O=C(CCCC(=O)OC(COC(=O)CCCC1CCCCC1)COC(=O)CCCC1CCCCC1)CCCC(=O)OC(COC(=O)CCCC1CCCCC1)COC(=O)CCCC1CCCCC1. The number of carbonyl (C=O) groups excluding carboxylic acids is 7. The molecule has 0 N–H and O–H groups in total. The number of rotatable bonds is 34. The second kappa shape index (κ2) is 35.6. The maximum absolute atomic E-state index is 12.9. The zero-order valence-electron chi connectivity index (χ0n) is 42.0. The predicted octanol–water partition coefficient (Wildman–Crippen LogP) is 11.9. The Bertz CT molecular complexity index is 1270. The van der Waals surface area contributed by atoms with E-state index < -0.39 is 24.1 Å². The van der Waals surface area contributed by atoms with Crippen LogP contribution in [-0.4, -0.2) is 80.2 Å². The van der Waals surface area contributed by atoms with Crippen molar-refractivity contribution in [2.45, 2.75) is 256 Å². The van der Waals surface area contributed by atoms with Crippen molar-refractivity contribution in [1.29, 1.82) is 0 Å². The fourth-order valence-electron chi connectivity index (χ4n) is 10.8. The maximum atomic E-state index is 12.9. The van der Waals surface area contributed by atoms with E-state index in [1.165, 1.54) is 128 Å². The summed E-state index contributed by atoms with van der Waals surface area (Å²) in [4.78, 5) is 89.1. The summed E-state index contributed by atoms with van der Waals surface area (Å²) >= 11 is 0. The minimum absolute atomic E-state index is 0.0603. The van der Waals surface area contributed by atoms with E-state index in [4.69, 9.17) is 28.4 Å². The monoisotopic (exact) mass is 959 g/mol. The lowest BCUT2D eigenvalue weighted by atomic mass is 9.86. The van der Waals surface area contributed by atoms with Gasteiger partial charge >= 0.3 is 35.8 Å². The van der Waals surface area contributed by atoms with Crippen LogP contribution >= 0.6 is 0 Å². The number of ketones is 1. The lowest BCUT2D eigenvalue weighted by molar-refractivity contribution is -0.167. The Hall–Kier alpha value is -3.51. The highest BCUT2D eigenvalue weighted by Gasteiger charge is 2.24. The van der Waals surface area contributed by atoms with Crippen molar-refractivity contribution in [1.82, 2.24) is 0 Å². The highest BCUT2D eigenvalue weighted by molar-refractivity contribution is 5.80. The molecule has 0 bridgehead atoms. The van der Waals surface area contributed by atoms with Crippen LogP contribution in [-0.2, 0) is 62.0 Å². The first-order valence-electron chi connectivity index (χ1n) is 27.6. The maximum Gasteiger partial charge on any atom is 0.306 e.